The number of carbonyl (C=O) groups excluding carboxylic acids is 1. The van der Waals surface area contributed by atoms with E-state index in [2.05, 4.69) is 0 Å². The van der Waals surface area contributed by atoms with Crippen LogP contribution in [0.1, 0.15) is 31.1 Å². The van der Waals surface area contributed by atoms with E-state index in [1.165, 1.54) is 6.92 Å². The molecule has 0 aliphatic carbocycles. The Balaban J connectivity index is 2.23. The van der Waals surface area contributed by atoms with Gasteiger partial charge in [0.25, 0.3) is 0 Å². The molecule has 2 aromatic heterocycles. The quantitative estimate of drug-likeness (QED) is 0.564. The van der Waals surface area contributed by atoms with E-state index < -0.39 is 24.0 Å². The molecular formula is C22H22N2O6. The minimum absolute atomic E-state index is 0.214. The van der Waals surface area contributed by atoms with Crippen molar-refractivity contribution < 1.29 is 28.9 Å². The number of nitrogens with zero attached hydrogens (tertiary/aromatic N) is 2. The summed E-state index contributed by atoms with van der Waals surface area (Å²) in [7, 11) is 0. The maximum absolute atomic E-state index is 12.7. The zero-order valence-corrected chi connectivity index (χ0v) is 16.9. The number of aliphatic carboxylic acids is 1. The Bertz CT molecular complexity index is 1140. The fourth-order valence-electron chi connectivity index (χ4n) is 3.17. The lowest BCUT2D eigenvalue weighted by Gasteiger charge is -2.20. The lowest BCUT2D eigenvalue weighted by molar-refractivity contribution is -0.143. The maximum Gasteiger partial charge on any atom is 0.340 e. The van der Waals surface area contributed by atoms with E-state index in [1.807, 2.05) is 30.3 Å². The molecule has 8 nitrogen and oxygen atoms in total. The Morgan fingerprint density at radius 3 is 2.60 bits per heavy atom. The van der Waals surface area contributed by atoms with E-state index in [1.54, 1.807) is 30.5 Å². The number of aromatic nitrogens is 1. The second kappa shape index (κ2) is 8.74. The highest BCUT2D eigenvalue weighted by Crippen LogP contribution is 2.36. The monoisotopic (exact) mass is 410 g/mol. The molecule has 2 atom stereocenters. The fraction of sp³-hybridized carbons (Fsp3) is 0.318. The normalized spacial score (nSPS) is 12.9. The summed E-state index contributed by atoms with van der Waals surface area (Å²) in [6.45, 7) is 4.92. The van der Waals surface area contributed by atoms with Gasteiger partial charge in [-0.3, -0.25) is 4.79 Å². The van der Waals surface area contributed by atoms with Crippen LogP contribution in [0.4, 0.5) is 0 Å². The van der Waals surface area contributed by atoms with Crippen molar-refractivity contribution in [3.8, 4) is 17.6 Å². The van der Waals surface area contributed by atoms with Crippen LogP contribution in [0.15, 0.2) is 36.5 Å². The van der Waals surface area contributed by atoms with Gasteiger partial charge in [-0.2, -0.15) is 5.26 Å². The Hall–Kier alpha value is -3.73. The number of hydrogen-bond donors (Lipinski definition) is 1. The van der Waals surface area contributed by atoms with E-state index >= 15 is 0 Å². The van der Waals surface area contributed by atoms with Gasteiger partial charge < -0.3 is 23.7 Å². The molecule has 0 amide bonds. The number of esters is 1. The molecular weight excluding hydrogens is 388 g/mol. The van der Waals surface area contributed by atoms with Gasteiger partial charge in [-0.15, -0.1) is 0 Å². The van der Waals surface area contributed by atoms with Crippen molar-refractivity contribution in [2.24, 2.45) is 5.92 Å². The predicted octanol–water partition coefficient (Wildman–Crippen LogP) is 3.66. The summed E-state index contributed by atoms with van der Waals surface area (Å²) in [5.74, 6) is -1.74. The first-order valence-corrected chi connectivity index (χ1v) is 9.52. The van der Waals surface area contributed by atoms with Gasteiger partial charge in [0.15, 0.2) is 18.1 Å². The molecule has 0 saturated heterocycles. The number of nitriles is 1. The van der Waals surface area contributed by atoms with Crippen LogP contribution >= 0.6 is 0 Å². The zero-order chi connectivity index (χ0) is 21.8. The van der Waals surface area contributed by atoms with E-state index in [9.17, 15) is 14.7 Å². The minimum Gasteiger partial charge on any atom is -0.486 e. The summed E-state index contributed by atoms with van der Waals surface area (Å²) in [6, 6.07) is 10.9. The third-order valence-corrected chi connectivity index (χ3v) is 4.88. The fourth-order valence-corrected chi connectivity index (χ4v) is 3.17. The molecule has 0 aliphatic heterocycles. The third kappa shape index (κ3) is 3.87. The van der Waals surface area contributed by atoms with Crippen molar-refractivity contribution in [1.82, 2.24) is 4.40 Å². The number of fused-ring (bicyclic) bond motifs is 3. The van der Waals surface area contributed by atoms with E-state index in [0.717, 1.165) is 5.52 Å². The van der Waals surface area contributed by atoms with Gasteiger partial charge in [0.2, 0.25) is 0 Å². The zero-order valence-electron chi connectivity index (χ0n) is 16.9. The number of pyridine rings is 1. The summed E-state index contributed by atoms with van der Waals surface area (Å²) >= 11 is 0. The molecule has 2 unspecified atom stereocenters. The maximum atomic E-state index is 12.7. The number of carboxylic acid groups (broad SMARTS) is 1. The standard InChI is InChI=1S/C22H22N2O6/c1-4-28-22(27)20-15-7-5-6-8-16(15)24-12-19(29-10-9-23)18(11-17(20)24)30-14(3)13(2)21(25)26/h5-8,11-14H,4,10H2,1-3H3,(H,25,26). The summed E-state index contributed by atoms with van der Waals surface area (Å²) in [6.07, 6.45) is 0.954. The number of benzene rings is 1. The molecule has 0 aliphatic rings. The Morgan fingerprint density at radius 2 is 1.93 bits per heavy atom. The van der Waals surface area contributed by atoms with Gasteiger partial charge in [0.05, 0.1) is 35.3 Å². The molecule has 0 bridgehead atoms. The van der Waals surface area contributed by atoms with E-state index in [4.69, 9.17) is 19.5 Å². The number of carbonyl (C=O) groups is 2. The Labute approximate surface area is 173 Å². The number of hydrogen-bond acceptors (Lipinski definition) is 6. The summed E-state index contributed by atoms with van der Waals surface area (Å²) in [5.41, 5.74) is 1.67. The van der Waals surface area contributed by atoms with Crippen LogP contribution in [0.3, 0.4) is 0 Å². The smallest absolute Gasteiger partial charge is 0.340 e. The van der Waals surface area contributed by atoms with Crippen LogP contribution in [0.5, 0.6) is 11.5 Å². The van der Waals surface area contributed by atoms with E-state index in [0.29, 0.717) is 16.5 Å². The average molecular weight is 410 g/mol. The van der Waals surface area contributed by atoms with Crippen LogP contribution < -0.4 is 9.47 Å². The van der Waals surface area contributed by atoms with Crippen LogP contribution in [0.2, 0.25) is 0 Å². The SMILES string of the molecule is CCOC(=O)c1c2ccccc2n2cc(OCC#N)c(OC(C)C(C)C(=O)O)cc12. The topological polar surface area (TPSA) is 110 Å². The highest BCUT2D eigenvalue weighted by Gasteiger charge is 2.25. The van der Waals surface area contributed by atoms with Crippen LogP contribution in [-0.2, 0) is 9.53 Å². The Kier molecular flexibility index (Phi) is 6.11. The first kappa shape index (κ1) is 21.0. The average Bonchev–Trinajstić information content (AvgIpc) is 3.04. The molecule has 3 aromatic rings. The van der Waals surface area contributed by atoms with Crippen LogP contribution in [0.25, 0.3) is 16.4 Å². The van der Waals surface area contributed by atoms with Gasteiger partial charge >= 0.3 is 11.9 Å². The predicted molar refractivity (Wildman–Crippen MR) is 109 cm³/mol. The molecule has 1 N–H and O–H groups in total. The first-order valence-electron chi connectivity index (χ1n) is 9.52. The molecule has 1 aromatic carbocycles. The number of carboxylic acids is 1. The summed E-state index contributed by atoms with van der Waals surface area (Å²) in [5, 5.41) is 18.9. The second-order valence-electron chi connectivity index (χ2n) is 6.77. The molecule has 30 heavy (non-hydrogen) atoms. The number of para-hydroxylation sites is 1. The second-order valence-corrected chi connectivity index (χ2v) is 6.77. The van der Waals surface area contributed by atoms with E-state index in [-0.39, 0.29) is 24.7 Å². The Morgan fingerprint density at radius 1 is 1.20 bits per heavy atom. The van der Waals surface area contributed by atoms with Crippen LogP contribution in [-0.4, -0.2) is 40.8 Å². The van der Waals surface area contributed by atoms with Crippen molar-refractivity contribution in [3.05, 3.63) is 42.1 Å². The highest BCUT2D eigenvalue weighted by molar-refractivity contribution is 6.12. The molecule has 156 valence electrons. The third-order valence-electron chi connectivity index (χ3n) is 4.88. The summed E-state index contributed by atoms with van der Waals surface area (Å²) in [4.78, 5) is 24.0. The molecule has 0 fully saturated rings. The van der Waals surface area contributed by atoms with Crippen molar-refractivity contribution in [1.29, 1.82) is 5.26 Å². The molecule has 2 heterocycles. The van der Waals surface area contributed by atoms with Crippen molar-refractivity contribution in [2.45, 2.75) is 26.9 Å². The van der Waals surface area contributed by atoms with Gasteiger partial charge in [0.1, 0.15) is 12.2 Å². The molecule has 0 spiro atoms. The first-order chi connectivity index (χ1) is 14.4. The van der Waals surface area contributed by atoms with Gasteiger partial charge in [-0.1, -0.05) is 18.2 Å². The molecule has 0 saturated carbocycles. The lowest BCUT2D eigenvalue weighted by Crippen LogP contribution is -2.28. The molecule has 8 heteroatoms. The van der Waals surface area contributed by atoms with Gasteiger partial charge in [0, 0.05) is 11.5 Å². The van der Waals surface area contributed by atoms with Crippen molar-refractivity contribution >= 4 is 28.4 Å². The van der Waals surface area contributed by atoms with Crippen LogP contribution in [0, 0.1) is 17.2 Å². The molecule has 3 rings (SSSR count). The number of rotatable bonds is 8. The highest BCUT2D eigenvalue weighted by atomic mass is 16.5. The van der Waals surface area contributed by atoms with Crippen molar-refractivity contribution in [2.75, 3.05) is 13.2 Å². The van der Waals surface area contributed by atoms with Gasteiger partial charge in [-0.05, 0) is 26.8 Å². The number of ether oxygens (including phenoxy) is 3. The summed E-state index contributed by atoms with van der Waals surface area (Å²) < 4.78 is 18.4. The van der Waals surface area contributed by atoms with Crippen molar-refractivity contribution in [3.63, 3.8) is 0 Å². The largest absolute Gasteiger partial charge is 0.486 e. The lowest BCUT2D eigenvalue weighted by atomic mass is 10.1. The minimum atomic E-state index is -0.997. The van der Waals surface area contributed by atoms with Gasteiger partial charge in [-0.25, -0.2) is 4.79 Å². The molecule has 0 radical (unpaired) electrons.